The number of nitrogens with one attached hydrogen (secondary N) is 2. The Morgan fingerprint density at radius 2 is 1.75 bits per heavy atom. The molecule has 2 aromatic heterocycles. The first-order valence-corrected chi connectivity index (χ1v) is 25.6. The molecule has 324 valence electrons. The number of aliphatic hydroxyl groups is 2. The average Bonchev–Trinajstić information content (AvgIpc) is 3.66. The van der Waals surface area contributed by atoms with Gasteiger partial charge in [0.1, 0.15) is 36.3 Å². The molecule has 0 saturated carbocycles. The molecule has 1 fully saturated rings. The fraction of sp³-hybridized carbons (Fsp3) is 0.692. The summed E-state index contributed by atoms with van der Waals surface area (Å²) in [5.74, 6) is 0.279. The Labute approximate surface area is 332 Å². The topological polar surface area (TPSA) is 407 Å². The second-order valence-electron chi connectivity index (χ2n) is 12.9. The molecule has 0 aliphatic carbocycles. The summed E-state index contributed by atoms with van der Waals surface area (Å²) in [5, 5.41) is 26.4. The summed E-state index contributed by atoms with van der Waals surface area (Å²) in [5.41, 5.74) is 9.98. The van der Waals surface area contributed by atoms with Crippen molar-refractivity contribution in [3.63, 3.8) is 0 Å². The van der Waals surface area contributed by atoms with Gasteiger partial charge in [-0.2, -0.15) is 4.31 Å². The normalized spacial score (nSPS) is 22.6. The van der Waals surface area contributed by atoms with Gasteiger partial charge in [-0.25, -0.2) is 28.6 Å². The van der Waals surface area contributed by atoms with E-state index in [0.717, 1.165) is 29.0 Å². The van der Waals surface area contributed by atoms with Crippen LogP contribution in [0.15, 0.2) is 12.7 Å². The first kappa shape index (κ1) is 49.2. The third kappa shape index (κ3) is 15.4. The van der Waals surface area contributed by atoms with Gasteiger partial charge in [0.05, 0.1) is 19.5 Å². The van der Waals surface area contributed by atoms with E-state index in [1.807, 2.05) is 0 Å². The summed E-state index contributed by atoms with van der Waals surface area (Å²) in [6, 6.07) is -0.761. The molecule has 0 bridgehead atoms. The number of amides is 2. The summed E-state index contributed by atoms with van der Waals surface area (Å²) in [6.45, 7) is 0.301. The molecule has 12 N–H and O–H groups in total. The predicted molar refractivity (Wildman–Crippen MR) is 197 cm³/mol. The molecule has 2 amide bonds. The van der Waals surface area contributed by atoms with E-state index in [-0.39, 0.29) is 47.4 Å². The number of nitrogens with two attached hydrogens (primary N) is 2. The quantitative estimate of drug-likeness (QED) is 0.0342. The number of phosphoric acid groups is 3. The molecule has 9 unspecified atom stereocenters. The van der Waals surface area contributed by atoms with Crippen molar-refractivity contribution >= 4 is 83.0 Å². The smallest absolute Gasteiger partial charge is 0.386 e. The number of hydrogen-bond donors (Lipinski definition) is 10. The Morgan fingerprint density at radius 3 is 2.40 bits per heavy atom. The van der Waals surface area contributed by atoms with Crippen LogP contribution in [0.2, 0.25) is 11.1 Å². The molecular formula is C26H45N8O18P3SSe. The molecule has 0 aromatic carbocycles. The number of aromatic nitrogens is 4. The number of thioether (sulfide) groups is 1. The van der Waals surface area contributed by atoms with Gasteiger partial charge in [-0.05, 0) is 0 Å². The molecule has 1 saturated heterocycles. The summed E-state index contributed by atoms with van der Waals surface area (Å²) in [4.78, 5) is 87.6. The Morgan fingerprint density at radius 1 is 1.09 bits per heavy atom. The number of ether oxygens (including phenoxy) is 1. The maximum absolute atomic E-state index is 12.7. The van der Waals surface area contributed by atoms with E-state index in [2.05, 4.69) is 34.4 Å². The van der Waals surface area contributed by atoms with Crippen molar-refractivity contribution in [2.75, 3.05) is 37.8 Å². The van der Waals surface area contributed by atoms with Crippen molar-refractivity contribution in [3.8, 4) is 0 Å². The number of phosphoric ester groups is 3. The van der Waals surface area contributed by atoms with Gasteiger partial charge in [-0.3, -0.25) is 22.9 Å². The molecule has 1 aliphatic heterocycles. The third-order valence-electron chi connectivity index (χ3n) is 7.77. The number of rotatable bonds is 23. The fourth-order valence-corrected chi connectivity index (χ4v) is 9.60. The van der Waals surface area contributed by atoms with Gasteiger partial charge < -0.3 is 40.3 Å². The maximum atomic E-state index is 12.7. The van der Waals surface area contributed by atoms with E-state index in [9.17, 15) is 61.7 Å². The van der Waals surface area contributed by atoms with Gasteiger partial charge in [0.25, 0.3) is 0 Å². The van der Waals surface area contributed by atoms with Crippen molar-refractivity contribution in [2.24, 2.45) is 11.1 Å². The predicted octanol–water partition coefficient (Wildman–Crippen LogP) is -1.57. The number of nitrogen functional groups attached to an aromatic ring is 1. The van der Waals surface area contributed by atoms with Crippen molar-refractivity contribution < 1.29 is 84.3 Å². The van der Waals surface area contributed by atoms with E-state index in [4.69, 9.17) is 25.3 Å². The molecule has 2 aromatic rings. The van der Waals surface area contributed by atoms with Crippen LogP contribution in [0.3, 0.4) is 0 Å². The van der Waals surface area contributed by atoms with Gasteiger partial charge in [0.15, 0.2) is 17.7 Å². The molecule has 0 radical (unpaired) electrons. The number of hydrogen-bond acceptors (Lipinski definition) is 20. The minimum absolute atomic E-state index is 0.0234. The molecule has 1 aliphatic rings. The summed E-state index contributed by atoms with van der Waals surface area (Å²) in [7, 11) is -16.4. The molecule has 31 heteroatoms. The van der Waals surface area contributed by atoms with Crippen LogP contribution in [-0.2, 0) is 54.5 Å². The van der Waals surface area contributed by atoms with Crippen LogP contribution in [0.25, 0.3) is 11.2 Å². The van der Waals surface area contributed by atoms with Gasteiger partial charge in [0.2, 0.25) is 5.91 Å². The molecule has 26 nitrogen and oxygen atoms in total. The van der Waals surface area contributed by atoms with Gasteiger partial charge in [0, 0.05) is 5.41 Å². The Hall–Kier alpha value is -2.16. The molecule has 57 heavy (non-hydrogen) atoms. The van der Waals surface area contributed by atoms with Gasteiger partial charge >= 0.3 is 139 Å². The minimum atomic E-state index is -5.58. The summed E-state index contributed by atoms with van der Waals surface area (Å²) < 4.78 is 73.3. The monoisotopic (exact) mass is 962 g/mol. The third-order valence-corrected chi connectivity index (χ3v) is 13.6. The summed E-state index contributed by atoms with van der Waals surface area (Å²) >= 11 is -1.04. The minimum Gasteiger partial charge on any atom is -0.386 e. The van der Waals surface area contributed by atoms with Crippen molar-refractivity contribution in [1.82, 2.24) is 30.2 Å². The van der Waals surface area contributed by atoms with Gasteiger partial charge in [-0.1, -0.05) is 13.8 Å². The number of anilines is 1. The van der Waals surface area contributed by atoms with Crippen molar-refractivity contribution in [1.29, 1.82) is 0 Å². The second kappa shape index (κ2) is 20.9. The van der Waals surface area contributed by atoms with Crippen LogP contribution in [-0.4, -0.2) is 143 Å². The Bertz CT molecular complexity index is 1910. The standard InChI is InChI=1S/C26H45N8O18P3SSe/c1-26(2,20(37)23(38)30-6-4-16(35)29-7-8-56-25(39)14(27)5-9-57(3)47)11-49-55(45,46)52-54(43,44)48-10-15-19(51-53(40,41)42)18(36)24(50-15)34-13-33-17-21(28)31-12-32-22(17)34/h12-15,18-20,24,36-37H,4-11,27H2,1-3H3,(H,29,35)(H,30,38)(H,43,44)(H,45,46)(H2,28,31,32)(H2,40,41,42). The number of carbonyl (C=O) groups excluding carboxylic acids is 3. The molecule has 3 rings (SSSR count). The zero-order chi connectivity index (χ0) is 42.9. The Balaban J connectivity index is 1.47. The number of nitrogens with zero attached hydrogens (tertiary/aromatic N) is 4. The molecular weight excluding hydrogens is 916 g/mol. The van der Waals surface area contributed by atoms with Crippen molar-refractivity contribution in [2.45, 2.75) is 74.5 Å². The fourth-order valence-electron chi connectivity index (χ4n) is 4.80. The van der Waals surface area contributed by atoms with Gasteiger partial charge in [-0.15, -0.1) is 0 Å². The first-order chi connectivity index (χ1) is 26.3. The molecule has 0 spiro atoms. The SMILES string of the molecule is C[Se](=O)CCC(N)C(=O)SCCNC(=O)CCNC(=O)C(O)C(C)(C)COP(=O)(O)OP(=O)(O)OCC1OC(n2cnc3c(N)ncnc32)C(O)C1OP(=O)(O)O. The van der Waals surface area contributed by atoms with Crippen LogP contribution in [0.4, 0.5) is 5.82 Å². The Kier molecular flexibility index (Phi) is 18.0. The van der Waals surface area contributed by atoms with E-state index in [1.54, 1.807) is 5.82 Å². The van der Waals surface area contributed by atoms with E-state index < -0.39 is 104 Å². The van der Waals surface area contributed by atoms with Crippen LogP contribution in [0.1, 0.15) is 32.9 Å². The second-order valence-corrected chi connectivity index (χ2v) is 21.5. The van der Waals surface area contributed by atoms with Crippen LogP contribution in [0, 0.1) is 5.41 Å². The average molecular weight is 962 g/mol. The zero-order valence-corrected chi connectivity index (χ0v) is 35.7. The van der Waals surface area contributed by atoms with Crippen molar-refractivity contribution in [3.05, 3.63) is 12.7 Å². The van der Waals surface area contributed by atoms with E-state index in [1.165, 1.54) is 13.8 Å². The first-order valence-electron chi connectivity index (χ1n) is 16.4. The number of imidazole rings is 1. The molecule has 3 heterocycles. The number of carbonyl (C=O) groups is 3. The molecule has 9 atom stereocenters. The van der Waals surface area contributed by atoms with E-state index >= 15 is 0 Å². The number of aliphatic hydroxyl groups excluding tert-OH is 2. The van der Waals surface area contributed by atoms with Crippen LogP contribution < -0.4 is 22.1 Å². The zero-order valence-electron chi connectivity index (χ0n) is 30.5. The summed E-state index contributed by atoms with van der Waals surface area (Å²) in [6.07, 6.45) is -6.73. The number of fused-ring (bicyclic) bond motifs is 1. The van der Waals surface area contributed by atoms with Crippen LogP contribution in [0.5, 0.6) is 0 Å². The van der Waals surface area contributed by atoms with Crippen LogP contribution >= 0.6 is 35.2 Å². The van der Waals surface area contributed by atoms with E-state index in [0.29, 0.717) is 11.7 Å².